The maximum Gasteiger partial charge on any atom is 0.206 e. The average molecular weight is 420 g/mol. The number of fused-ring (bicyclic) bond motifs is 2. The second kappa shape index (κ2) is 8.35. The summed E-state index contributed by atoms with van der Waals surface area (Å²) in [5, 5.41) is 4.17. The predicted molar refractivity (Wildman–Crippen MR) is 126 cm³/mol. The van der Waals surface area contributed by atoms with Crippen molar-refractivity contribution in [2.24, 2.45) is 0 Å². The van der Waals surface area contributed by atoms with Crippen molar-refractivity contribution in [3.8, 4) is 17.0 Å². The Morgan fingerprint density at radius 3 is 2.69 bits per heavy atom. The molecule has 156 valence electrons. The number of hydrogen-bond acceptors (Lipinski definition) is 5. The van der Waals surface area contributed by atoms with E-state index in [0.29, 0.717) is 17.0 Å². The normalized spacial score (nSPS) is 11.3. The number of carbonyl (C=O) groups excluding carboxylic acids is 1. The van der Waals surface area contributed by atoms with Gasteiger partial charge in [-0.1, -0.05) is 24.3 Å². The molecule has 0 atom stereocenters. The van der Waals surface area contributed by atoms with Gasteiger partial charge in [0.15, 0.2) is 0 Å². The van der Waals surface area contributed by atoms with E-state index in [0.717, 1.165) is 27.9 Å². The molecule has 0 saturated heterocycles. The van der Waals surface area contributed by atoms with Crippen LogP contribution in [-0.2, 0) is 0 Å². The molecule has 0 bridgehead atoms. The fraction of sp³-hybridized carbons (Fsp3) is 0.0385. The number of carbonyl (C=O) groups is 1. The van der Waals surface area contributed by atoms with Crippen molar-refractivity contribution in [2.45, 2.75) is 0 Å². The van der Waals surface area contributed by atoms with Crippen LogP contribution in [0.2, 0.25) is 0 Å². The molecule has 3 aromatic heterocycles. The molecule has 2 aromatic carbocycles. The van der Waals surface area contributed by atoms with Gasteiger partial charge in [0.25, 0.3) is 0 Å². The molecule has 0 saturated carbocycles. The highest BCUT2D eigenvalue weighted by Gasteiger charge is 2.18. The fourth-order valence-electron chi connectivity index (χ4n) is 3.62. The number of benzene rings is 2. The third kappa shape index (κ3) is 3.70. The lowest BCUT2D eigenvalue weighted by atomic mass is 10.1. The van der Waals surface area contributed by atoms with Gasteiger partial charge in [-0.2, -0.15) is 0 Å². The number of nitrogens with one attached hydrogen (secondary N) is 1. The minimum atomic E-state index is -0.157. The van der Waals surface area contributed by atoms with E-state index in [9.17, 15) is 4.79 Å². The van der Waals surface area contributed by atoms with E-state index in [1.165, 1.54) is 6.08 Å². The van der Waals surface area contributed by atoms with E-state index in [1.807, 2.05) is 83.4 Å². The number of ether oxygens (including phenoxy) is 1. The molecule has 0 radical (unpaired) electrons. The molecule has 5 aromatic rings. The van der Waals surface area contributed by atoms with Crippen molar-refractivity contribution in [2.75, 3.05) is 12.4 Å². The van der Waals surface area contributed by atoms with Gasteiger partial charge < -0.3 is 10.1 Å². The molecule has 0 aliphatic carbocycles. The Kier molecular flexibility index (Phi) is 5.09. The summed E-state index contributed by atoms with van der Waals surface area (Å²) in [5.41, 5.74) is 4.41. The first-order valence-electron chi connectivity index (χ1n) is 10.2. The Morgan fingerprint density at radius 1 is 1.03 bits per heavy atom. The van der Waals surface area contributed by atoms with E-state index >= 15 is 0 Å². The number of allylic oxidation sites excluding steroid dienone is 1. The Morgan fingerprint density at radius 2 is 1.84 bits per heavy atom. The number of ketones is 1. The van der Waals surface area contributed by atoms with Gasteiger partial charge in [-0.15, -0.1) is 0 Å². The summed E-state index contributed by atoms with van der Waals surface area (Å²) >= 11 is 0. The number of pyridine rings is 2. The van der Waals surface area contributed by atoms with Gasteiger partial charge in [-0.25, -0.2) is 4.98 Å². The summed E-state index contributed by atoms with van der Waals surface area (Å²) in [6, 6.07) is 23.1. The molecule has 1 N–H and O–H groups in total. The van der Waals surface area contributed by atoms with Crippen molar-refractivity contribution >= 4 is 28.0 Å². The number of methoxy groups -OCH3 is 1. The van der Waals surface area contributed by atoms with Crippen LogP contribution in [0.15, 0.2) is 97.5 Å². The number of aromatic nitrogens is 3. The zero-order valence-electron chi connectivity index (χ0n) is 17.4. The first kappa shape index (κ1) is 19.5. The minimum Gasteiger partial charge on any atom is -0.497 e. The zero-order chi connectivity index (χ0) is 21.9. The quantitative estimate of drug-likeness (QED) is 0.296. The number of imidazole rings is 1. The minimum absolute atomic E-state index is 0.157. The molecular formula is C26H20N4O2. The Bertz CT molecular complexity index is 1450. The highest BCUT2D eigenvalue weighted by Crippen LogP contribution is 2.27. The lowest BCUT2D eigenvalue weighted by Gasteiger charge is -2.05. The maximum absolute atomic E-state index is 13.2. The van der Waals surface area contributed by atoms with E-state index < -0.39 is 0 Å². The predicted octanol–water partition coefficient (Wildman–Crippen LogP) is 5.37. The summed E-state index contributed by atoms with van der Waals surface area (Å²) in [4.78, 5) is 22.3. The lowest BCUT2D eigenvalue weighted by molar-refractivity contribution is 0.104. The fourth-order valence-corrected chi connectivity index (χ4v) is 3.62. The Labute approximate surface area is 184 Å². The molecule has 0 amide bonds. The summed E-state index contributed by atoms with van der Waals surface area (Å²) in [5.74, 6) is 0.592. The van der Waals surface area contributed by atoms with Crippen LogP contribution in [0.1, 0.15) is 10.5 Å². The SMILES string of the molecule is COc1ccc(-c2nc3ccccn3c2C(=O)/C=C\Nc2cnc3ccccc3c2)cc1. The lowest BCUT2D eigenvalue weighted by Crippen LogP contribution is -2.03. The van der Waals surface area contributed by atoms with E-state index in [-0.39, 0.29) is 5.78 Å². The summed E-state index contributed by atoms with van der Waals surface area (Å²) < 4.78 is 7.06. The van der Waals surface area contributed by atoms with Crippen molar-refractivity contribution in [1.82, 2.24) is 14.4 Å². The zero-order valence-corrected chi connectivity index (χ0v) is 17.4. The summed E-state index contributed by atoms with van der Waals surface area (Å²) in [6.07, 6.45) is 6.73. The number of anilines is 1. The van der Waals surface area contributed by atoms with Gasteiger partial charge >= 0.3 is 0 Å². The van der Waals surface area contributed by atoms with Crippen LogP contribution in [-0.4, -0.2) is 27.3 Å². The number of para-hydroxylation sites is 1. The molecule has 3 heterocycles. The molecule has 0 unspecified atom stereocenters. The van der Waals surface area contributed by atoms with Crippen LogP contribution in [0.4, 0.5) is 5.69 Å². The van der Waals surface area contributed by atoms with Crippen molar-refractivity contribution < 1.29 is 9.53 Å². The Balaban J connectivity index is 1.46. The molecule has 6 nitrogen and oxygen atoms in total. The second-order valence-electron chi connectivity index (χ2n) is 7.22. The van der Waals surface area contributed by atoms with Crippen LogP contribution < -0.4 is 10.1 Å². The second-order valence-corrected chi connectivity index (χ2v) is 7.22. The van der Waals surface area contributed by atoms with Gasteiger partial charge in [0.1, 0.15) is 22.8 Å². The van der Waals surface area contributed by atoms with E-state index in [4.69, 9.17) is 9.72 Å². The molecule has 0 fully saturated rings. The maximum atomic E-state index is 13.2. The largest absolute Gasteiger partial charge is 0.497 e. The molecule has 0 aliphatic rings. The highest BCUT2D eigenvalue weighted by molar-refractivity contribution is 6.08. The standard InChI is InChI=1S/C26H20N4O2/c1-32-21-11-9-18(10-12-21)25-26(30-15-5-4-8-24(30)29-25)23(31)13-14-27-20-16-19-6-2-3-7-22(19)28-17-20/h2-17,27H,1H3/b14-13-. The van der Waals surface area contributed by atoms with Crippen LogP contribution in [0.3, 0.4) is 0 Å². The smallest absolute Gasteiger partial charge is 0.206 e. The van der Waals surface area contributed by atoms with Crippen LogP contribution in [0.5, 0.6) is 5.75 Å². The van der Waals surface area contributed by atoms with Crippen molar-refractivity contribution in [3.05, 3.63) is 103 Å². The summed E-state index contributed by atoms with van der Waals surface area (Å²) in [6.45, 7) is 0. The van der Waals surface area contributed by atoms with Crippen LogP contribution >= 0.6 is 0 Å². The number of nitrogens with zero attached hydrogens (tertiary/aromatic N) is 3. The van der Waals surface area contributed by atoms with Gasteiger partial charge in [0.2, 0.25) is 5.78 Å². The number of hydrogen-bond donors (Lipinski definition) is 1. The Hall–Kier alpha value is -4.45. The summed E-state index contributed by atoms with van der Waals surface area (Å²) in [7, 11) is 1.62. The van der Waals surface area contributed by atoms with E-state index in [2.05, 4.69) is 10.3 Å². The molecule has 6 heteroatoms. The van der Waals surface area contributed by atoms with Gasteiger partial charge in [0.05, 0.1) is 24.5 Å². The average Bonchev–Trinajstić information content (AvgIpc) is 3.24. The van der Waals surface area contributed by atoms with Gasteiger partial charge in [0, 0.05) is 29.4 Å². The third-order valence-electron chi connectivity index (χ3n) is 5.20. The monoisotopic (exact) mass is 420 g/mol. The topological polar surface area (TPSA) is 68.5 Å². The third-order valence-corrected chi connectivity index (χ3v) is 5.20. The first-order chi connectivity index (χ1) is 15.7. The molecule has 5 rings (SSSR count). The van der Waals surface area contributed by atoms with Crippen LogP contribution in [0, 0.1) is 0 Å². The highest BCUT2D eigenvalue weighted by atomic mass is 16.5. The van der Waals surface area contributed by atoms with Gasteiger partial charge in [-0.3, -0.25) is 14.2 Å². The van der Waals surface area contributed by atoms with Crippen LogP contribution in [0.25, 0.3) is 27.8 Å². The van der Waals surface area contributed by atoms with Crippen molar-refractivity contribution in [1.29, 1.82) is 0 Å². The molecule has 0 aliphatic heterocycles. The first-order valence-corrected chi connectivity index (χ1v) is 10.2. The molecule has 0 spiro atoms. The molecular weight excluding hydrogens is 400 g/mol. The van der Waals surface area contributed by atoms with E-state index in [1.54, 1.807) is 19.5 Å². The van der Waals surface area contributed by atoms with Crippen molar-refractivity contribution in [3.63, 3.8) is 0 Å². The number of rotatable bonds is 6. The van der Waals surface area contributed by atoms with Gasteiger partial charge in [-0.05, 0) is 48.5 Å². The molecule has 32 heavy (non-hydrogen) atoms.